The summed E-state index contributed by atoms with van der Waals surface area (Å²) in [6, 6.07) is 18.2. The number of anilines is 1. The van der Waals surface area contributed by atoms with E-state index in [0.717, 1.165) is 24.1 Å². The Labute approximate surface area is 125 Å². The second-order valence-electron chi connectivity index (χ2n) is 5.46. The molecule has 1 unspecified atom stereocenters. The van der Waals surface area contributed by atoms with Crippen LogP contribution in [0.15, 0.2) is 66.7 Å². The molecule has 1 atom stereocenters. The molecule has 0 saturated heterocycles. The lowest BCUT2D eigenvalue weighted by Crippen LogP contribution is -2.14. The predicted octanol–water partition coefficient (Wildman–Crippen LogP) is 4.65. The maximum atomic E-state index is 12.0. The van der Waals surface area contributed by atoms with E-state index >= 15 is 0 Å². The zero-order valence-electron chi connectivity index (χ0n) is 12.0. The van der Waals surface area contributed by atoms with Gasteiger partial charge in [-0.1, -0.05) is 54.6 Å². The molecule has 0 aromatic heterocycles. The average Bonchev–Trinajstić information content (AvgIpc) is 3.02. The van der Waals surface area contributed by atoms with E-state index < -0.39 is 0 Å². The normalized spacial score (nSPS) is 16.9. The summed E-state index contributed by atoms with van der Waals surface area (Å²) < 4.78 is 0. The van der Waals surface area contributed by atoms with Crippen LogP contribution in [-0.2, 0) is 4.79 Å². The van der Waals surface area contributed by atoms with E-state index in [0.29, 0.717) is 12.3 Å². The van der Waals surface area contributed by atoms with Gasteiger partial charge in [-0.15, -0.1) is 0 Å². The Hall–Kier alpha value is -2.35. The third-order valence-corrected chi connectivity index (χ3v) is 3.84. The van der Waals surface area contributed by atoms with Gasteiger partial charge in [0.05, 0.1) is 0 Å². The molecule has 0 heterocycles. The molecule has 2 heteroatoms. The fraction of sp³-hybridized carbons (Fsp3) is 0.211. The number of hydrogen-bond acceptors (Lipinski definition) is 1. The molecule has 106 valence electrons. The summed E-state index contributed by atoms with van der Waals surface area (Å²) in [5, 5.41) is 2.97. The third kappa shape index (κ3) is 3.60. The van der Waals surface area contributed by atoms with Crippen molar-refractivity contribution in [1.82, 2.24) is 0 Å². The number of carbonyl (C=O) groups is 1. The van der Waals surface area contributed by atoms with Gasteiger partial charge < -0.3 is 5.32 Å². The van der Waals surface area contributed by atoms with Crippen molar-refractivity contribution in [3.63, 3.8) is 0 Å². The van der Waals surface area contributed by atoms with Crippen LogP contribution >= 0.6 is 0 Å². The van der Waals surface area contributed by atoms with E-state index in [2.05, 4.69) is 29.6 Å². The second-order valence-corrected chi connectivity index (χ2v) is 5.46. The highest BCUT2D eigenvalue weighted by Gasteiger charge is 2.13. The van der Waals surface area contributed by atoms with E-state index in [9.17, 15) is 4.79 Å². The summed E-state index contributed by atoms with van der Waals surface area (Å²) in [5.41, 5.74) is 3.21. The minimum atomic E-state index is 0.0963. The van der Waals surface area contributed by atoms with E-state index in [4.69, 9.17) is 0 Å². The highest BCUT2D eigenvalue weighted by Crippen LogP contribution is 2.23. The van der Waals surface area contributed by atoms with Gasteiger partial charge in [-0.2, -0.15) is 0 Å². The number of allylic oxidation sites excluding steroid dienone is 2. The summed E-state index contributed by atoms with van der Waals surface area (Å²) >= 11 is 0. The molecule has 0 radical (unpaired) electrons. The lowest BCUT2D eigenvalue weighted by molar-refractivity contribution is -0.116. The van der Waals surface area contributed by atoms with Gasteiger partial charge in [-0.3, -0.25) is 4.79 Å². The average molecular weight is 277 g/mol. The second kappa shape index (κ2) is 6.40. The van der Waals surface area contributed by atoms with Crippen LogP contribution in [0, 0.1) is 5.92 Å². The Kier molecular flexibility index (Phi) is 4.15. The molecule has 0 spiro atoms. The molecule has 2 aromatic rings. The largest absolute Gasteiger partial charge is 0.326 e. The van der Waals surface area contributed by atoms with Crippen LogP contribution in [0.2, 0.25) is 0 Å². The van der Waals surface area contributed by atoms with E-state index in [1.165, 1.54) is 5.56 Å². The molecule has 0 saturated carbocycles. The molecule has 2 aromatic carbocycles. The van der Waals surface area contributed by atoms with Gasteiger partial charge in [0.15, 0.2) is 0 Å². The molecule has 2 nitrogen and oxygen atoms in total. The third-order valence-electron chi connectivity index (χ3n) is 3.84. The number of amides is 1. The first-order valence-electron chi connectivity index (χ1n) is 7.43. The van der Waals surface area contributed by atoms with Crippen molar-refractivity contribution in [2.24, 2.45) is 5.92 Å². The van der Waals surface area contributed by atoms with Crippen molar-refractivity contribution < 1.29 is 4.79 Å². The fourth-order valence-electron chi connectivity index (χ4n) is 2.69. The number of benzene rings is 2. The van der Waals surface area contributed by atoms with Crippen LogP contribution in [0.4, 0.5) is 5.69 Å². The zero-order valence-corrected chi connectivity index (χ0v) is 12.0. The highest BCUT2D eigenvalue weighted by atomic mass is 16.1. The molecule has 21 heavy (non-hydrogen) atoms. The summed E-state index contributed by atoms with van der Waals surface area (Å²) in [6.07, 6.45) is 7.09. The number of nitrogens with one attached hydrogen (secondary N) is 1. The molecule has 1 N–H and O–H groups in total. The summed E-state index contributed by atoms with van der Waals surface area (Å²) in [4.78, 5) is 12.0. The monoisotopic (exact) mass is 277 g/mol. The molecule has 3 rings (SSSR count). The zero-order chi connectivity index (χ0) is 14.5. The smallest absolute Gasteiger partial charge is 0.224 e. The number of hydrogen-bond donors (Lipinski definition) is 1. The van der Waals surface area contributed by atoms with Gasteiger partial charge in [0.2, 0.25) is 5.91 Å². The predicted molar refractivity (Wildman–Crippen MR) is 87.0 cm³/mol. The van der Waals surface area contributed by atoms with Gasteiger partial charge in [0, 0.05) is 12.1 Å². The van der Waals surface area contributed by atoms with Gasteiger partial charge in [0.1, 0.15) is 0 Å². The van der Waals surface area contributed by atoms with Crippen LogP contribution in [0.1, 0.15) is 19.3 Å². The first kappa shape index (κ1) is 13.6. The molecule has 0 aliphatic heterocycles. The van der Waals surface area contributed by atoms with Crippen molar-refractivity contribution in [2.75, 3.05) is 5.32 Å². The summed E-state index contributed by atoms with van der Waals surface area (Å²) in [5.74, 6) is 0.507. The minimum Gasteiger partial charge on any atom is -0.326 e. The molecular weight excluding hydrogens is 258 g/mol. The Balaban J connectivity index is 1.62. The molecule has 0 bridgehead atoms. The molecule has 1 aliphatic carbocycles. The molecular formula is C19H19NO. The van der Waals surface area contributed by atoms with Crippen LogP contribution < -0.4 is 5.32 Å². The number of carbonyl (C=O) groups excluding carboxylic acids is 1. The maximum Gasteiger partial charge on any atom is 0.224 e. The fourth-order valence-corrected chi connectivity index (χ4v) is 2.69. The Morgan fingerprint density at radius 2 is 1.71 bits per heavy atom. The van der Waals surface area contributed by atoms with Crippen LogP contribution in [0.3, 0.4) is 0 Å². The Morgan fingerprint density at radius 1 is 1.00 bits per heavy atom. The van der Waals surface area contributed by atoms with Crippen molar-refractivity contribution >= 4 is 11.6 Å². The first-order chi connectivity index (χ1) is 10.3. The number of rotatable bonds is 4. The SMILES string of the molecule is O=C(CC1C=CCC1)Nc1ccc(-c2ccccc2)cc1. The van der Waals surface area contributed by atoms with Gasteiger partial charge in [-0.05, 0) is 42.0 Å². The van der Waals surface area contributed by atoms with Gasteiger partial charge in [0.25, 0.3) is 0 Å². The summed E-state index contributed by atoms with van der Waals surface area (Å²) in [7, 11) is 0. The Bertz CT molecular complexity index is 628. The highest BCUT2D eigenvalue weighted by molar-refractivity contribution is 5.91. The quantitative estimate of drug-likeness (QED) is 0.810. The van der Waals surface area contributed by atoms with Crippen LogP contribution in [-0.4, -0.2) is 5.91 Å². The molecule has 1 aliphatic rings. The van der Waals surface area contributed by atoms with Crippen molar-refractivity contribution in [3.05, 3.63) is 66.7 Å². The van der Waals surface area contributed by atoms with Crippen LogP contribution in [0.5, 0.6) is 0 Å². The maximum absolute atomic E-state index is 12.0. The van der Waals surface area contributed by atoms with Crippen molar-refractivity contribution in [3.8, 4) is 11.1 Å². The van der Waals surface area contributed by atoms with Crippen molar-refractivity contribution in [2.45, 2.75) is 19.3 Å². The molecule has 0 fully saturated rings. The summed E-state index contributed by atoms with van der Waals surface area (Å²) in [6.45, 7) is 0. The standard InChI is InChI=1S/C19H19NO/c21-19(14-15-6-4-5-7-15)20-18-12-10-17(11-13-18)16-8-2-1-3-9-16/h1-4,6,8-13,15H,5,7,14H2,(H,20,21). The van der Waals surface area contributed by atoms with Crippen molar-refractivity contribution in [1.29, 1.82) is 0 Å². The lowest BCUT2D eigenvalue weighted by atomic mass is 10.0. The van der Waals surface area contributed by atoms with E-state index in [1.54, 1.807) is 0 Å². The molecule has 1 amide bonds. The first-order valence-corrected chi connectivity index (χ1v) is 7.43. The Morgan fingerprint density at radius 3 is 2.38 bits per heavy atom. The lowest BCUT2D eigenvalue weighted by Gasteiger charge is -2.09. The van der Waals surface area contributed by atoms with E-state index in [1.807, 2.05) is 42.5 Å². The topological polar surface area (TPSA) is 29.1 Å². The van der Waals surface area contributed by atoms with Gasteiger partial charge in [-0.25, -0.2) is 0 Å². The van der Waals surface area contributed by atoms with Gasteiger partial charge >= 0.3 is 0 Å². The van der Waals surface area contributed by atoms with Crippen LogP contribution in [0.25, 0.3) is 11.1 Å². The minimum absolute atomic E-state index is 0.0963. The van der Waals surface area contributed by atoms with E-state index in [-0.39, 0.29) is 5.91 Å².